The largest absolute Gasteiger partial charge is 0.480 e. The second-order valence-corrected chi connectivity index (χ2v) is 5.04. The van der Waals surface area contributed by atoms with Gasteiger partial charge in [-0.1, -0.05) is 6.92 Å². The molecule has 1 N–H and O–H groups in total. The first kappa shape index (κ1) is 12.1. The van der Waals surface area contributed by atoms with Crippen LogP contribution in [0.15, 0.2) is 11.4 Å². The van der Waals surface area contributed by atoms with Crippen molar-refractivity contribution < 1.29 is 14.7 Å². The fourth-order valence-corrected chi connectivity index (χ4v) is 3.15. The summed E-state index contributed by atoms with van der Waals surface area (Å²) in [4.78, 5) is 25.5. The summed E-state index contributed by atoms with van der Waals surface area (Å²) in [5.74, 6) is -1.02. The molecule has 0 spiro atoms. The van der Waals surface area contributed by atoms with Crippen LogP contribution in [-0.4, -0.2) is 34.5 Å². The van der Waals surface area contributed by atoms with E-state index in [0.29, 0.717) is 17.8 Å². The van der Waals surface area contributed by atoms with Crippen molar-refractivity contribution in [3.8, 4) is 0 Å². The number of carbonyl (C=O) groups is 2. The molecule has 1 saturated heterocycles. The first-order valence-corrected chi connectivity index (χ1v) is 6.63. The lowest BCUT2D eigenvalue weighted by atomic mass is 10.2. The molecular weight excluding hydrogens is 238 g/mol. The maximum Gasteiger partial charge on any atom is 0.326 e. The van der Waals surface area contributed by atoms with Crippen LogP contribution in [0.25, 0.3) is 0 Å². The molecule has 5 heteroatoms. The molecule has 92 valence electrons. The smallest absolute Gasteiger partial charge is 0.326 e. The number of hydrogen-bond donors (Lipinski definition) is 1. The van der Waals surface area contributed by atoms with E-state index < -0.39 is 12.0 Å². The van der Waals surface area contributed by atoms with Gasteiger partial charge >= 0.3 is 5.97 Å². The van der Waals surface area contributed by atoms with Gasteiger partial charge in [-0.3, -0.25) is 4.79 Å². The summed E-state index contributed by atoms with van der Waals surface area (Å²) in [6.07, 6.45) is 2.14. The normalized spacial score (nSPS) is 19.6. The highest BCUT2D eigenvalue weighted by molar-refractivity contribution is 7.12. The van der Waals surface area contributed by atoms with Crippen molar-refractivity contribution in [2.45, 2.75) is 32.2 Å². The Morgan fingerprint density at radius 1 is 1.59 bits per heavy atom. The zero-order valence-electron chi connectivity index (χ0n) is 9.68. The minimum absolute atomic E-state index is 0.123. The van der Waals surface area contributed by atoms with Crippen LogP contribution in [0.3, 0.4) is 0 Å². The molecule has 0 aromatic carbocycles. The highest BCUT2D eigenvalue weighted by Crippen LogP contribution is 2.25. The number of nitrogens with zero attached hydrogens (tertiary/aromatic N) is 1. The highest BCUT2D eigenvalue weighted by atomic mass is 32.1. The molecular formula is C12H15NO3S. The summed E-state index contributed by atoms with van der Waals surface area (Å²) >= 11 is 1.40. The quantitative estimate of drug-likeness (QED) is 0.896. The maximum atomic E-state index is 12.3. The number of amides is 1. The SMILES string of the molecule is CCc1ccsc1C(=O)N1CCCC1C(=O)O. The van der Waals surface area contributed by atoms with Crippen molar-refractivity contribution in [3.63, 3.8) is 0 Å². The summed E-state index contributed by atoms with van der Waals surface area (Å²) in [6.45, 7) is 2.55. The molecule has 2 rings (SSSR count). The minimum Gasteiger partial charge on any atom is -0.480 e. The van der Waals surface area contributed by atoms with Crippen molar-refractivity contribution in [2.24, 2.45) is 0 Å². The Hall–Kier alpha value is -1.36. The lowest BCUT2D eigenvalue weighted by Crippen LogP contribution is -2.40. The predicted octanol–water partition coefficient (Wildman–Crippen LogP) is 2.00. The fraction of sp³-hybridized carbons (Fsp3) is 0.500. The van der Waals surface area contributed by atoms with Gasteiger partial charge in [0.15, 0.2) is 0 Å². The molecule has 1 atom stereocenters. The Morgan fingerprint density at radius 2 is 2.35 bits per heavy atom. The van der Waals surface area contributed by atoms with Gasteiger partial charge in [-0.15, -0.1) is 11.3 Å². The monoisotopic (exact) mass is 253 g/mol. The number of likely N-dealkylation sites (tertiary alicyclic amines) is 1. The first-order chi connectivity index (χ1) is 8.15. The average Bonchev–Trinajstić information content (AvgIpc) is 2.96. The molecule has 0 radical (unpaired) electrons. The number of carboxylic acids is 1. The molecule has 1 aliphatic rings. The molecule has 1 aromatic rings. The van der Waals surface area contributed by atoms with Crippen molar-refractivity contribution in [2.75, 3.05) is 6.54 Å². The van der Waals surface area contributed by atoms with Crippen LogP contribution in [0, 0.1) is 0 Å². The maximum absolute atomic E-state index is 12.3. The van der Waals surface area contributed by atoms with Gasteiger partial charge in [-0.2, -0.15) is 0 Å². The van der Waals surface area contributed by atoms with Gasteiger partial charge in [-0.25, -0.2) is 4.79 Å². The molecule has 1 aromatic heterocycles. The van der Waals surface area contributed by atoms with E-state index in [4.69, 9.17) is 5.11 Å². The van der Waals surface area contributed by atoms with Gasteiger partial charge in [0.25, 0.3) is 5.91 Å². The van der Waals surface area contributed by atoms with Crippen LogP contribution in [0.2, 0.25) is 0 Å². The van der Waals surface area contributed by atoms with Gasteiger partial charge in [0.1, 0.15) is 6.04 Å². The van der Waals surface area contributed by atoms with Crippen LogP contribution in [0.4, 0.5) is 0 Å². The van der Waals surface area contributed by atoms with E-state index in [1.807, 2.05) is 18.4 Å². The van der Waals surface area contributed by atoms with E-state index in [9.17, 15) is 9.59 Å². The van der Waals surface area contributed by atoms with Crippen molar-refractivity contribution in [1.82, 2.24) is 4.90 Å². The third-order valence-electron chi connectivity index (χ3n) is 3.12. The summed E-state index contributed by atoms with van der Waals surface area (Å²) in [5, 5.41) is 11.0. The Balaban J connectivity index is 2.23. The van der Waals surface area contributed by atoms with E-state index in [-0.39, 0.29) is 5.91 Å². The number of carboxylic acid groups (broad SMARTS) is 1. The fourth-order valence-electron chi connectivity index (χ4n) is 2.20. The Bertz CT molecular complexity index is 441. The molecule has 1 fully saturated rings. The molecule has 4 nitrogen and oxygen atoms in total. The van der Waals surface area contributed by atoms with Gasteiger partial charge in [0.05, 0.1) is 4.88 Å². The van der Waals surface area contributed by atoms with Crippen LogP contribution < -0.4 is 0 Å². The van der Waals surface area contributed by atoms with Gasteiger partial charge < -0.3 is 10.0 Å². The summed E-state index contributed by atoms with van der Waals surface area (Å²) < 4.78 is 0. The number of aliphatic carboxylic acids is 1. The Morgan fingerprint density at radius 3 is 3.00 bits per heavy atom. The van der Waals surface area contributed by atoms with Gasteiger partial charge in [-0.05, 0) is 36.3 Å². The van der Waals surface area contributed by atoms with E-state index in [1.54, 1.807) is 0 Å². The molecule has 2 heterocycles. The lowest BCUT2D eigenvalue weighted by molar-refractivity contribution is -0.141. The van der Waals surface area contributed by atoms with Gasteiger partial charge in [0.2, 0.25) is 0 Å². The van der Waals surface area contributed by atoms with E-state index in [1.165, 1.54) is 16.2 Å². The Labute approximate surface area is 104 Å². The lowest BCUT2D eigenvalue weighted by Gasteiger charge is -2.21. The van der Waals surface area contributed by atoms with Crippen LogP contribution in [0.5, 0.6) is 0 Å². The zero-order valence-corrected chi connectivity index (χ0v) is 10.5. The molecule has 1 unspecified atom stereocenters. The topological polar surface area (TPSA) is 57.6 Å². The van der Waals surface area contributed by atoms with E-state index in [2.05, 4.69) is 0 Å². The van der Waals surface area contributed by atoms with Crippen molar-refractivity contribution in [1.29, 1.82) is 0 Å². The molecule has 17 heavy (non-hydrogen) atoms. The molecule has 0 aliphatic carbocycles. The standard InChI is InChI=1S/C12H15NO3S/c1-2-8-5-7-17-10(8)11(14)13-6-3-4-9(13)12(15)16/h5,7,9H,2-4,6H2,1H3,(H,15,16). The van der Waals surface area contributed by atoms with Crippen LogP contribution in [0.1, 0.15) is 35.0 Å². The predicted molar refractivity (Wildman–Crippen MR) is 65.4 cm³/mol. The summed E-state index contributed by atoms with van der Waals surface area (Å²) in [5.41, 5.74) is 1.01. The van der Waals surface area contributed by atoms with Crippen LogP contribution in [-0.2, 0) is 11.2 Å². The molecule has 0 bridgehead atoms. The molecule has 1 aliphatic heterocycles. The first-order valence-electron chi connectivity index (χ1n) is 5.75. The number of hydrogen-bond acceptors (Lipinski definition) is 3. The highest BCUT2D eigenvalue weighted by Gasteiger charge is 2.35. The third kappa shape index (κ3) is 2.20. The average molecular weight is 253 g/mol. The Kier molecular flexibility index (Phi) is 3.47. The summed E-state index contributed by atoms with van der Waals surface area (Å²) in [6, 6.07) is 1.29. The van der Waals surface area contributed by atoms with E-state index in [0.717, 1.165) is 18.4 Å². The number of aryl methyl sites for hydroxylation is 1. The van der Waals surface area contributed by atoms with Gasteiger partial charge in [0, 0.05) is 6.54 Å². The number of rotatable bonds is 3. The second-order valence-electron chi connectivity index (χ2n) is 4.12. The zero-order chi connectivity index (χ0) is 12.4. The molecule has 0 saturated carbocycles. The number of carbonyl (C=O) groups excluding carboxylic acids is 1. The van der Waals surface area contributed by atoms with E-state index >= 15 is 0 Å². The minimum atomic E-state index is -0.898. The summed E-state index contributed by atoms with van der Waals surface area (Å²) in [7, 11) is 0. The second kappa shape index (κ2) is 4.87. The third-order valence-corrected chi connectivity index (χ3v) is 4.07. The van der Waals surface area contributed by atoms with Crippen molar-refractivity contribution in [3.05, 3.63) is 21.9 Å². The number of thiophene rings is 1. The molecule has 1 amide bonds. The van der Waals surface area contributed by atoms with Crippen molar-refractivity contribution >= 4 is 23.2 Å². The van der Waals surface area contributed by atoms with Crippen LogP contribution >= 0.6 is 11.3 Å².